The summed E-state index contributed by atoms with van der Waals surface area (Å²) in [6.45, 7) is 5.29. The number of pyridine rings is 2. The quantitative estimate of drug-likeness (QED) is 0.520. The predicted molar refractivity (Wildman–Crippen MR) is 131 cm³/mol. The van der Waals surface area contributed by atoms with Crippen LogP contribution in [-0.4, -0.2) is 24.5 Å². The van der Waals surface area contributed by atoms with Gasteiger partial charge in [0.05, 0.1) is 17.8 Å². The van der Waals surface area contributed by atoms with Gasteiger partial charge in [-0.25, -0.2) is 0 Å². The number of hydrogen-bond acceptors (Lipinski definition) is 3. The van der Waals surface area contributed by atoms with Crippen molar-refractivity contribution in [2.75, 3.05) is 0 Å². The Labute approximate surface area is 195 Å². The van der Waals surface area contributed by atoms with Gasteiger partial charge in [-0.3, -0.25) is 9.97 Å². The molecule has 0 aromatic carbocycles. The van der Waals surface area contributed by atoms with Crippen molar-refractivity contribution >= 4 is 17.3 Å². The van der Waals surface area contributed by atoms with Gasteiger partial charge in [-0.05, 0) is 80.4 Å². The largest absolute Gasteiger partial charge is 0.352 e. The summed E-state index contributed by atoms with van der Waals surface area (Å²) in [5, 5.41) is 4.38. The molecule has 6 heteroatoms. The molecular weight excluding hydrogens is 414 g/mol. The lowest BCUT2D eigenvalue weighted by molar-refractivity contribution is 0.306. The minimum absolute atomic E-state index is 0.0193. The third-order valence-electron chi connectivity index (χ3n) is 7.08. The number of nitrogens with zero attached hydrogens (tertiary/aromatic N) is 4. The van der Waals surface area contributed by atoms with Crippen molar-refractivity contribution in [1.82, 2.24) is 24.8 Å². The molecule has 5 rings (SSSR count). The summed E-state index contributed by atoms with van der Waals surface area (Å²) in [4.78, 5) is 11.2. The van der Waals surface area contributed by atoms with Gasteiger partial charge in [-0.1, -0.05) is 25.3 Å². The molecule has 2 unspecified atom stereocenters. The summed E-state index contributed by atoms with van der Waals surface area (Å²) in [5.41, 5.74) is 6.30. The second-order valence-electron chi connectivity index (χ2n) is 9.10. The Balaban J connectivity index is 1.57. The topological polar surface area (TPSA) is 46.0 Å². The Kier molecular flexibility index (Phi) is 5.96. The molecule has 4 heterocycles. The molecule has 2 aliphatic rings. The van der Waals surface area contributed by atoms with Gasteiger partial charge < -0.3 is 14.8 Å². The fourth-order valence-corrected chi connectivity index (χ4v) is 5.91. The van der Waals surface area contributed by atoms with E-state index in [1.807, 2.05) is 24.7 Å². The number of thiocarbonyl (C=S) groups is 1. The van der Waals surface area contributed by atoms with Crippen LogP contribution in [0.4, 0.5) is 0 Å². The van der Waals surface area contributed by atoms with Crippen molar-refractivity contribution in [2.24, 2.45) is 0 Å². The highest BCUT2D eigenvalue weighted by atomic mass is 32.1. The van der Waals surface area contributed by atoms with E-state index in [4.69, 9.17) is 17.2 Å². The van der Waals surface area contributed by atoms with Gasteiger partial charge in [0.15, 0.2) is 5.11 Å². The molecule has 1 aliphatic carbocycles. The number of hydrogen-bond donors (Lipinski definition) is 1. The third-order valence-corrected chi connectivity index (χ3v) is 7.43. The highest BCUT2D eigenvalue weighted by Gasteiger charge is 2.41. The lowest BCUT2D eigenvalue weighted by atomic mass is 9.94. The van der Waals surface area contributed by atoms with E-state index in [1.165, 1.54) is 54.6 Å². The van der Waals surface area contributed by atoms with E-state index in [-0.39, 0.29) is 12.1 Å². The van der Waals surface area contributed by atoms with E-state index >= 15 is 0 Å². The van der Waals surface area contributed by atoms with Crippen molar-refractivity contribution in [3.63, 3.8) is 0 Å². The van der Waals surface area contributed by atoms with Gasteiger partial charge in [-0.15, -0.1) is 0 Å². The first-order valence-electron chi connectivity index (χ1n) is 11.7. The fourth-order valence-electron chi connectivity index (χ4n) is 5.60. The van der Waals surface area contributed by atoms with E-state index in [0.29, 0.717) is 6.04 Å². The molecule has 2 atom stereocenters. The molecular formula is C26H31N5S. The van der Waals surface area contributed by atoms with Crippen LogP contribution in [0.25, 0.3) is 0 Å². The van der Waals surface area contributed by atoms with Crippen LogP contribution >= 0.6 is 12.2 Å². The lowest BCUT2D eigenvalue weighted by Crippen LogP contribution is -2.29. The van der Waals surface area contributed by atoms with Crippen LogP contribution in [-0.2, 0) is 6.54 Å². The zero-order valence-corrected chi connectivity index (χ0v) is 19.7. The first-order chi connectivity index (χ1) is 15.6. The van der Waals surface area contributed by atoms with Gasteiger partial charge in [0.2, 0.25) is 0 Å². The number of aryl methyl sites for hydroxylation is 1. The monoisotopic (exact) mass is 445 g/mol. The highest BCUT2D eigenvalue weighted by Crippen LogP contribution is 2.43. The average molecular weight is 446 g/mol. The van der Waals surface area contributed by atoms with Gasteiger partial charge in [0.1, 0.15) is 0 Å². The van der Waals surface area contributed by atoms with E-state index in [0.717, 1.165) is 17.4 Å². The molecule has 1 aliphatic heterocycles. The molecule has 0 spiro atoms. The molecule has 0 bridgehead atoms. The molecule has 1 saturated heterocycles. The van der Waals surface area contributed by atoms with Gasteiger partial charge in [0.25, 0.3) is 0 Å². The normalized spacial score (nSPS) is 21.7. The smallest absolute Gasteiger partial charge is 0.170 e. The minimum atomic E-state index is 0.0193. The first-order valence-corrected chi connectivity index (χ1v) is 12.1. The highest BCUT2D eigenvalue weighted by molar-refractivity contribution is 7.80. The Bertz CT molecular complexity index is 1070. The third kappa shape index (κ3) is 3.92. The van der Waals surface area contributed by atoms with Gasteiger partial charge in [0, 0.05) is 42.6 Å². The summed E-state index contributed by atoms with van der Waals surface area (Å²) < 4.78 is 2.59. The Morgan fingerprint density at radius 1 is 1.03 bits per heavy atom. The molecule has 1 saturated carbocycles. The van der Waals surface area contributed by atoms with E-state index < -0.39 is 0 Å². The number of rotatable bonds is 5. The molecule has 2 fully saturated rings. The van der Waals surface area contributed by atoms with Crippen molar-refractivity contribution in [3.8, 4) is 0 Å². The first kappa shape index (κ1) is 21.1. The molecule has 0 radical (unpaired) electrons. The SMILES string of the molecule is Cc1cc(C2C(c3ccccn3)NC(=S)N2Cc2ccncc2)c(C)n1C1CCCCC1. The van der Waals surface area contributed by atoms with Gasteiger partial charge in [-0.2, -0.15) is 0 Å². The lowest BCUT2D eigenvalue weighted by Gasteiger charge is -2.30. The molecule has 0 amide bonds. The predicted octanol–water partition coefficient (Wildman–Crippen LogP) is 5.57. The Morgan fingerprint density at radius 2 is 1.81 bits per heavy atom. The summed E-state index contributed by atoms with van der Waals surface area (Å²) in [6, 6.07) is 13.4. The van der Waals surface area contributed by atoms with Crippen LogP contribution < -0.4 is 5.32 Å². The fraction of sp³-hybridized carbons (Fsp3) is 0.423. The van der Waals surface area contributed by atoms with Crippen LogP contribution in [0.15, 0.2) is 55.0 Å². The molecule has 3 aromatic heterocycles. The Morgan fingerprint density at radius 3 is 2.53 bits per heavy atom. The number of nitrogens with one attached hydrogen (secondary N) is 1. The van der Waals surface area contributed by atoms with E-state index in [2.05, 4.69) is 63.9 Å². The maximum Gasteiger partial charge on any atom is 0.170 e. The van der Waals surface area contributed by atoms with E-state index in [9.17, 15) is 0 Å². The van der Waals surface area contributed by atoms with Crippen molar-refractivity contribution < 1.29 is 0 Å². The van der Waals surface area contributed by atoms with Crippen molar-refractivity contribution in [3.05, 3.63) is 83.2 Å². The standard InChI is InChI=1S/C26H31N5S/c1-18-16-22(19(2)31(18)21-8-4-3-5-9-21)25-24(23-10-6-7-13-28-23)29-26(32)30(25)17-20-11-14-27-15-12-20/h6-7,10-16,21,24-25H,3-5,8-9,17H2,1-2H3,(H,29,32). The molecule has 32 heavy (non-hydrogen) atoms. The molecule has 3 aromatic rings. The minimum Gasteiger partial charge on any atom is -0.352 e. The van der Waals surface area contributed by atoms with E-state index in [1.54, 1.807) is 0 Å². The molecule has 166 valence electrons. The van der Waals surface area contributed by atoms with Crippen LogP contribution in [0.3, 0.4) is 0 Å². The van der Waals surface area contributed by atoms with Crippen LogP contribution in [0, 0.1) is 13.8 Å². The second-order valence-corrected chi connectivity index (χ2v) is 9.48. The average Bonchev–Trinajstić information content (AvgIpc) is 3.30. The van der Waals surface area contributed by atoms with Crippen LogP contribution in [0.2, 0.25) is 0 Å². The zero-order chi connectivity index (χ0) is 22.1. The van der Waals surface area contributed by atoms with Gasteiger partial charge >= 0.3 is 0 Å². The molecule has 1 N–H and O–H groups in total. The Hall–Kier alpha value is -2.73. The summed E-state index contributed by atoms with van der Waals surface area (Å²) >= 11 is 5.87. The second kappa shape index (κ2) is 9.02. The molecule has 5 nitrogen and oxygen atoms in total. The maximum absolute atomic E-state index is 5.87. The summed E-state index contributed by atoms with van der Waals surface area (Å²) in [7, 11) is 0. The zero-order valence-electron chi connectivity index (χ0n) is 18.9. The number of aromatic nitrogens is 3. The van der Waals surface area contributed by atoms with Crippen molar-refractivity contribution in [1.29, 1.82) is 0 Å². The van der Waals surface area contributed by atoms with Crippen LogP contribution in [0.1, 0.15) is 78.4 Å². The maximum atomic E-state index is 5.87. The van der Waals surface area contributed by atoms with Crippen LogP contribution in [0.5, 0.6) is 0 Å². The summed E-state index contributed by atoms with van der Waals surface area (Å²) in [5.74, 6) is 0. The van der Waals surface area contributed by atoms with Crippen molar-refractivity contribution in [2.45, 2.75) is 70.6 Å². The summed E-state index contributed by atoms with van der Waals surface area (Å²) in [6.07, 6.45) is 12.2.